The fourth-order valence-corrected chi connectivity index (χ4v) is 3.15. The average Bonchev–Trinajstić information content (AvgIpc) is 3.12. The van der Waals surface area contributed by atoms with Gasteiger partial charge in [0, 0.05) is 24.3 Å². The van der Waals surface area contributed by atoms with Crippen LogP contribution in [0.5, 0.6) is 0 Å². The largest absolute Gasteiger partial charge is 0.366 e. The SMILES string of the molecule is Cc1cc(N(CC2CCCN2)C2CC2)c(C#N)c(C)n1. The van der Waals surface area contributed by atoms with E-state index in [-0.39, 0.29) is 0 Å². The number of pyridine rings is 1. The molecular weight excluding hydrogens is 248 g/mol. The Morgan fingerprint density at radius 2 is 2.20 bits per heavy atom. The van der Waals surface area contributed by atoms with Crippen molar-refractivity contribution in [1.82, 2.24) is 10.3 Å². The molecule has 0 amide bonds. The highest BCUT2D eigenvalue weighted by atomic mass is 15.2. The Bertz CT molecular complexity index is 536. The molecule has 1 aromatic heterocycles. The number of aryl methyl sites for hydroxylation is 2. The zero-order valence-corrected chi connectivity index (χ0v) is 12.3. The lowest BCUT2D eigenvalue weighted by atomic mass is 10.1. The molecule has 0 aromatic carbocycles. The normalized spacial score (nSPS) is 21.8. The van der Waals surface area contributed by atoms with Crippen molar-refractivity contribution >= 4 is 5.69 Å². The van der Waals surface area contributed by atoms with E-state index in [2.05, 4.69) is 27.3 Å². The summed E-state index contributed by atoms with van der Waals surface area (Å²) in [5, 5.41) is 13.0. The second-order valence-corrected chi connectivity index (χ2v) is 6.03. The molecule has 1 N–H and O–H groups in total. The van der Waals surface area contributed by atoms with Crippen LogP contribution in [0.2, 0.25) is 0 Å². The maximum absolute atomic E-state index is 9.47. The topological polar surface area (TPSA) is 52.0 Å². The summed E-state index contributed by atoms with van der Waals surface area (Å²) in [4.78, 5) is 6.88. The van der Waals surface area contributed by atoms with E-state index in [1.807, 2.05) is 13.8 Å². The van der Waals surface area contributed by atoms with Crippen LogP contribution in [0.3, 0.4) is 0 Å². The molecule has 20 heavy (non-hydrogen) atoms. The Morgan fingerprint density at radius 1 is 1.40 bits per heavy atom. The zero-order valence-electron chi connectivity index (χ0n) is 12.3. The van der Waals surface area contributed by atoms with E-state index < -0.39 is 0 Å². The number of hydrogen-bond acceptors (Lipinski definition) is 4. The Morgan fingerprint density at radius 3 is 2.80 bits per heavy atom. The van der Waals surface area contributed by atoms with Crippen LogP contribution in [0, 0.1) is 25.2 Å². The van der Waals surface area contributed by atoms with Gasteiger partial charge in [-0.05, 0) is 52.1 Å². The first-order valence-electron chi connectivity index (χ1n) is 7.57. The van der Waals surface area contributed by atoms with Crippen LogP contribution in [0.1, 0.15) is 42.6 Å². The quantitative estimate of drug-likeness (QED) is 0.912. The molecule has 1 saturated carbocycles. The number of nitrogens with one attached hydrogen (secondary N) is 1. The van der Waals surface area contributed by atoms with Gasteiger partial charge in [-0.15, -0.1) is 0 Å². The predicted octanol–water partition coefficient (Wildman–Crippen LogP) is 2.29. The van der Waals surface area contributed by atoms with Gasteiger partial charge in [0.2, 0.25) is 0 Å². The van der Waals surface area contributed by atoms with Crippen molar-refractivity contribution in [2.24, 2.45) is 0 Å². The minimum absolute atomic E-state index is 0.566. The van der Waals surface area contributed by atoms with Crippen molar-refractivity contribution in [3.8, 4) is 6.07 Å². The van der Waals surface area contributed by atoms with Crippen LogP contribution >= 0.6 is 0 Å². The van der Waals surface area contributed by atoms with Crippen LogP contribution in [-0.2, 0) is 0 Å². The fraction of sp³-hybridized carbons (Fsp3) is 0.625. The summed E-state index contributed by atoms with van der Waals surface area (Å²) in [6.45, 7) is 6.09. The highest BCUT2D eigenvalue weighted by Crippen LogP contribution is 2.35. The highest BCUT2D eigenvalue weighted by Gasteiger charge is 2.33. The van der Waals surface area contributed by atoms with Crippen LogP contribution in [-0.4, -0.2) is 30.2 Å². The summed E-state index contributed by atoms with van der Waals surface area (Å²) in [7, 11) is 0. The Hall–Kier alpha value is -1.60. The Kier molecular flexibility index (Phi) is 3.62. The summed E-state index contributed by atoms with van der Waals surface area (Å²) in [5.41, 5.74) is 3.70. The van der Waals surface area contributed by atoms with E-state index in [1.54, 1.807) is 0 Å². The average molecular weight is 270 g/mol. The van der Waals surface area contributed by atoms with Gasteiger partial charge in [-0.25, -0.2) is 0 Å². The number of nitriles is 1. The van der Waals surface area contributed by atoms with Gasteiger partial charge in [0.25, 0.3) is 0 Å². The highest BCUT2D eigenvalue weighted by molar-refractivity contribution is 5.63. The molecule has 0 bridgehead atoms. The van der Waals surface area contributed by atoms with Gasteiger partial charge in [0.05, 0.1) is 16.9 Å². The molecule has 2 aliphatic rings. The molecule has 1 saturated heterocycles. The first-order chi connectivity index (χ1) is 9.69. The number of hydrogen-bond donors (Lipinski definition) is 1. The van der Waals surface area contributed by atoms with Crippen LogP contribution in [0.4, 0.5) is 5.69 Å². The van der Waals surface area contributed by atoms with Crippen molar-refractivity contribution < 1.29 is 0 Å². The van der Waals surface area contributed by atoms with Crippen molar-refractivity contribution in [3.63, 3.8) is 0 Å². The molecule has 1 unspecified atom stereocenters. The Balaban J connectivity index is 1.92. The molecule has 1 aromatic rings. The standard InChI is InChI=1S/C16H22N4/c1-11-8-16(15(9-17)12(2)19-11)20(14-5-6-14)10-13-4-3-7-18-13/h8,13-14,18H,3-7,10H2,1-2H3. The smallest absolute Gasteiger partial charge is 0.103 e. The Labute approximate surface area is 120 Å². The third-order valence-corrected chi connectivity index (χ3v) is 4.30. The molecule has 106 valence electrons. The van der Waals surface area contributed by atoms with Crippen molar-refractivity contribution in [1.29, 1.82) is 5.26 Å². The summed E-state index contributed by atoms with van der Waals surface area (Å²) in [6, 6.07) is 5.62. The molecule has 3 rings (SSSR count). The molecule has 4 heteroatoms. The van der Waals surface area contributed by atoms with Crippen LogP contribution in [0.15, 0.2) is 6.07 Å². The van der Waals surface area contributed by atoms with Crippen LogP contribution in [0.25, 0.3) is 0 Å². The summed E-state index contributed by atoms with van der Waals surface area (Å²) in [5.74, 6) is 0. The van der Waals surface area contributed by atoms with Crippen LogP contribution < -0.4 is 10.2 Å². The van der Waals surface area contributed by atoms with E-state index in [4.69, 9.17) is 0 Å². The predicted molar refractivity (Wildman–Crippen MR) is 79.8 cm³/mol. The second kappa shape index (κ2) is 5.41. The molecule has 2 heterocycles. The summed E-state index contributed by atoms with van der Waals surface area (Å²) >= 11 is 0. The first-order valence-corrected chi connectivity index (χ1v) is 7.57. The molecule has 1 aliphatic carbocycles. The maximum atomic E-state index is 9.47. The zero-order chi connectivity index (χ0) is 14.1. The van der Waals surface area contributed by atoms with Gasteiger partial charge in [0.15, 0.2) is 0 Å². The second-order valence-electron chi connectivity index (χ2n) is 6.03. The van der Waals surface area contributed by atoms with E-state index in [9.17, 15) is 5.26 Å². The van der Waals surface area contributed by atoms with Gasteiger partial charge in [-0.1, -0.05) is 0 Å². The van der Waals surface area contributed by atoms with Gasteiger partial charge in [0.1, 0.15) is 6.07 Å². The van der Waals surface area contributed by atoms with E-state index in [1.165, 1.54) is 25.7 Å². The molecule has 1 aliphatic heterocycles. The lowest BCUT2D eigenvalue weighted by Crippen LogP contribution is -2.39. The minimum atomic E-state index is 0.566. The van der Waals surface area contributed by atoms with E-state index >= 15 is 0 Å². The van der Waals surface area contributed by atoms with E-state index in [0.29, 0.717) is 12.1 Å². The third-order valence-electron chi connectivity index (χ3n) is 4.30. The lowest BCUT2D eigenvalue weighted by Gasteiger charge is -2.29. The molecule has 4 nitrogen and oxygen atoms in total. The molecule has 0 spiro atoms. The van der Waals surface area contributed by atoms with Crippen molar-refractivity contribution in [2.75, 3.05) is 18.0 Å². The van der Waals surface area contributed by atoms with Crippen molar-refractivity contribution in [3.05, 3.63) is 23.0 Å². The van der Waals surface area contributed by atoms with Gasteiger partial charge < -0.3 is 10.2 Å². The third kappa shape index (κ3) is 2.64. The van der Waals surface area contributed by atoms with E-state index in [0.717, 1.165) is 35.7 Å². The number of rotatable bonds is 4. The molecular formula is C16H22N4. The van der Waals surface area contributed by atoms with Crippen molar-refractivity contribution in [2.45, 2.75) is 51.6 Å². The monoisotopic (exact) mass is 270 g/mol. The molecule has 1 atom stereocenters. The number of anilines is 1. The maximum Gasteiger partial charge on any atom is 0.103 e. The molecule has 2 fully saturated rings. The minimum Gasteiger partial charge on any atom is -0.366 e. The fourth-order valence-electron chi connectivity index (χ4n) is 3.15. The van der Waals surface area contributed by atoms with Gasteiger partial charge >= 0.3 is 0 Å². The summed E-state index contributed by atoms with van der Waals surface area (Å²) in [6.07, 6.45) is 5.01. The van der Waals surface area contributed by atoms with Gasteiger partial charge in [-0.2, -0.15) is 5.26 Å². The first kappa shape index (κ1) is 13.4. The summed E-state index contributed by atoms with van der Waals surface area (Å²) < 4.78 is 0. The number of nitrogens with zero attached hydrogens (tertiary/aromatic N) is 3. The lowest BCUT2D eigenvalue weighted by molar-refractivity contribution is 0.578. The number of aromatic nitrogens is 1. The molecule has 0 radical (unpaired) electrons. The van der Waals surface area contributed by atoms with Gasteiger partial charge in [-0.3, -0.25) is 4.98 Å².